The standard InChI is InChI=1S/C9H19BN2O4/c11-7-5-9(8(13)14,12-6-7)3-1-2-4-10(15)16/h7,12,15-16H,1-6,11H2,(H,13,14)/t7-,9-/m1/s1. The molecule has 6 nitrogen and oxygen atoms in total. The van der Waals surface area contributed by atoms with E-state index < -0.39 is 18.6 Å². The first-order valence-electron chi connectivity index (χ1n) is 5.56. The summed E-state index contributed by atoms with van der Waals surface area (Å²) < 4.78 is 0. The maximum atomic E-state index is 11.2. The maximum Gasteiger partial charge on any atom is 0.451 e. The Bertz CT molecular complexity index is 252. The number of hydrogen-bond donors (Lipinski definition) is 5. The van der Waals surface area contributed by atoms with Crippen LogP contribution >= 0.6 is 0 Å². The molecule has 2 atom stereocenters. The average Bonchev–Trinajstić information content (AvgIpc) is 2.56. The summed E-state index contributed by atoms with van der Waals surface area (Å²) in [5, 5.41) is 29.5. The van der Waals surface area contributed by atoms with Gasteiger partial charge in [-0.3, -0.25) is 4.79 Å². The lowest BCUT2D eigenvalue weighted by Gasteiger charge is -2.24. The van der Waals surface area contributed by atoms with Gasteiger partial charge in [0.15, 0.2) is 0 Å². The summed E-state index contributed by atoms with van der Waals surface area (Å²) in [6.45, 7) is 0.523. The molecule has 92 valence electrons. The summed E-state index contributed by atoms with van der Waals surface area (Å²) in [5.74, 6) is -0.870. The molecule has 0 aromatic carbocycles. The van der Waals surface area contributed by atoms with Crippen molar-refractivity contribution in [3.05, 3.63) is 0 Å². The molecule has 0 spiro atoms. The Hall–Kier alpha value is -0.625. The van der Waals surface area contributed by atoms with Crippen LogP contribution < -0.4 is 11.1 Å². The molecule has 0 saturated carbocycles. The van der Waals surface area contributed by atoms with Crippen molar-refractivity contribution < 1.29 is 19.9 Å². The topological polar surface area (TPSA) is 116 Å². The fourth-order valence-electron chi connectivity index (χ4n) is 2.13. The van der Waals surface area contributed by atoms with E-state index in [0.29, 0.717) is 32.2 Å². The molecule has 16 heavy (non-hydrogen) atoms. The molecule has 1 aliphatic rings. The second kappa shape index (κ2) is 5.63. The lowest BCUT2D eigenvalue weighted by molar-refractivity contribution is -0.144. The van der Waals surface area contributed by atoms with Crippen LogP contribution in [0.4, 0.5) is 0 Å². The van der Waals surface area contributed by atoms with Gasteiger partial charge in [-0.2, -0.15) is 0 Å². The van der Waals surface area contributed by atoms with E-state index in [9.17, 15) is 9.90 Å². The normalized spacial score (nSPS) is 29.3. The van der Waals surface area contributed by atoms with Gasteiger partial charge < -0.3 is 26.2 Å². The van der Waals surface area contributed by atoms with Gasteiger partial charge in [0.2, 0.25) is 0 Å². The monoisotopic (exact) mass is 230 g/mol. The van der Waals surface area contributed by atoms with Crippen LogP contribution in [0, 0.1) is 0 Å². The van der Waals surface area contributed by atoms with Crippen molar-refractivity contribution >= 4 is 13.1 Å². The quantitative estimate of drug-likeness (QED) is 0.288. The Morgan fingerprint density at radius 2 is 2.19 bits per heavy atom. The molecule has 1 fully saturated rings. The third kappa shape index (κ3) is 3.45. The van der Waals surface area contributed by atoms with Crippen LogP contribution in [0.5, 0.6) is 0 Å². The number of aliphatic carboxylic acids is 1. The van der Waals surface area contributed by atoms with Crippen molar-refractivity contribution in [2.24, 2.45) is 5.73 Å². The second-order valence-electron chi connectivity index (χ2n) is 4.46. The van der Waals surface area contributed by atoms with Crippen LogP contribution in [0.25, 0.3) is 0 Å². The van der Waals surface area contributed by atoms with Crippen molar-refractivity contribution in [1.82, 2.24) is 5.32 Å². The smallest absolute Gasteiger partial charge is 0.451 e. The molecule has 1 rings (SSSR count). The first-order chi connectivity index (χ1) is 7.46. The first-order valence-corrected chi connectivity index (χ1v) is 5.56. The molecule has 0 aliphatic carbocycles. The highest BCUT2D eigenvalue weighted by Crippen LogP contribution is 2.25. The summed E-state index contributed by atoms with van der Waals surface area (Å²) in [7, 11) is -1.31. The highest BCUT2D eigenvalue weighted by Gasteiger charge is 2.43. The van der Waals surface area contributed by atoms with Gasteiger partial charge in [-0.05, 0) is 19.2 Å². The Morgan fingerprint density at radius 3 is 2.62 bits per heavy atom. The van der Waals surface area contributed by atoms with E-state index >= 15 is 0 Å². The molecule has 0 bridgehead atoms. The van der Waals surface area contributed by atoms with Gasteiger partial charge in [0.05, 0.1) is 0 Å². The van der Waals surface area contributed by atoms with E-state index in [4.69, 9.17) is 15.8 Å². The van der Waals surface area contributed by atoms with E-state index in [1.165, 1.54) is 0 Å². The van der Waals surface area contributed by atoms with Crippen molar-refractivity contribution in [3.8, 4) is 0 Å². The SMILES string of the molecule is N[C@H]1CN[C@@](CCCCB(O)O)(C(=O)O)C1. The van der Waals surface area contributed by atoms with Gasteiger partial charge in [-0.15, -0.1) is 0 Å². The molecular weight excluding hydrogens is 211 g/mol. The van der Waals surface area contributed by atoms with Crippen molar-refractivity contribution in [2.75, 3.05) is 6.54 Å². The number of rotatable bonds is 6. The predicted octanol–water partition coefficient (Wildman–Crippen LogP) is -1.23. The largest absolute Gasteiger partial charge is 0.480 e. The molecule has 0 aromatic heterocycles. The number of nitrogens with two attached hydrogens (primary N) is 1. The van der Waals surface area contributed by atoms with Crippen molar-refractivity contribution in [3.63, 3.8) is 0 Å². The third-order valence-electron chi connectivity index (χ3n) is 3.04. The van der Waals surface area contributed by atoms with Crippen LogP contribution in [0.3, 0.4) is 0 Å². The van der Waals surface area contributed by atoms with Gasteiger partial charge in [0, 0.05) is 12.6 Å². The highest BCUT2D eigenvalue weighted by molar-refractivity contribution is 6.40. The summed E-state index contributed by atoms with van der Waals surface area (Å²) >= 11 is 0. The zero-order chi connectivity index (χ0) is 12.2. The zero-order valence-electron chi connectivity index (χ0n) is 9.22. The number of carboxylic acid groups (broad SMARTS) is 1. The van der Waals surface area contributed by atoms with E-state index in [1.54, 1.807) is 0 Å². The summed E-state index contributed by atoms with van der Waals surface area (Å²) in [5.41, 5.74) is 4.78. The van der Waals surface area contributed by atoms with Gasteiger partial charge in [-0.1, -0.05) is 12.8 Å². The Morgan fingerprint density at radius 1 is 1.50 bits per heavy atom. The molecule has 1 aliphatic heterocycles. The van der Waals surface area contributed by atoms with Crippen LogP contribution in [-0.2, 0) is 4.79 Å². The van der Waals surface area contributed by atoms with E-state index in [-0.39, 0.29) is 12.4 Å². The van der Waals surface area contributed by atoms with Crippen molar-refractivity contribution in [2.45, 2.75) is 43.6 Å². The van der Waals surface area contributed by atoms with Gasteiger partial charge >= 0.3 is 13.1 Å². The fourth-order valence-corrected chi connectivity index (χ4v) is 2.13. The zero-order valence-corrected chi connectivity index (χ0v) is 9.22. The molecule has 1 heterocycles. The molecule has 0 radical (unpaired) electrons. The second-order valence-corrected chi connectivity index (χ2v) is 4.46. The Balaban J connectivity index is 2.38. The van der Waals surface area contributed by atoms with E-state index in [2.05, 4.69) is 5.32 Å². The Kier molecular flexibility index (Phi) is 4.73. The lowest BCUT2D eigenvalue weighted by Crippen LogP contribution is -2.47. The fraction of sp³-hybridized carbons (Fsp3) is 0.889. The predicted molar refractivity (Wildman–Crippen MR) is 59.8 cm³/mol. The van der Waals surface area contributed by atoms with Gasteiger partial charge in [-0.25, -0.2) is 0 Å². The van der Waals surface area contributed by atoms with Crippen LogP contribution in [-0.4, -0.2) is 46.4 Å². The minimum atomic E-state index is -1.31. The van der Waals surface area contributed by atoms with Crippen LogP contribution in [0.1, 0.15) is 25.7 Å². The summed E-state index contributed by atoms with van der Waals surface area (Å²) in [6, 6.07) is -0.112. The number of nitrogens with one attached hydrogen (secondary N) is 1. The molecule has 0 amide bonds. The van der Waals surface area contributed by atoms with E-state index in [1.807, 2.05) is 0 Å². The average molecular weight is 230 g/mol. The van der Waals surface area contributed by atoms with Gasteiger partial charge in [0.1, 0.15) is 5.54 Å². The number of carbonyl (C=O) groups is 1. The van der Waals surface area contributed by atoms with Crippen molar-refractivity contribution in [1.29, 1.82) is 0 Å². The van der Waals surface area contributed by atoms with Gasteiger partial charge in [0.25, 0.3) is 0 Å². The molecule has 0 aromatic rings. The maximum absolute atomic E-state index is 11.2. The first kappa shape index (κ1) is 13.4. The number of hydrogen-bond acceptors (Lipinski definition) is 5. The lowest BCUT2D eigenvalue weighted by atomic mass is 9.81. The highest BCUT2D eigenvalue weighted by atomic mass is 16.4. The number of carboxylic acids is 1. The Labute approximate surface area is 95.0 Å². The molecular formula is C9H19BN2O4. The molecule has 7 heteroatoms. The van der Waals surface area contributed by atoms with E-state index in [0.717, 1.165) is 0 Å². The molecule has 6 N–H and O–H groups in total. The number of unbranched alkanes of at least 4 members (excludes halogenated alkanes) is 1. The van der Waals surface area contributed by atoms with Crippen LogP contribution in [0.15, 0.2) is 0 Å². The minimum absolute atomic E-state index is 0.112. The van der Waals surface area contributed by atoms with Crippen LogP contribution in [0.2, 0.25) is 6.32 Å². The molecule has 0 unspecified atom stereocenters. The molecule has 1 saturated heterocycles. The summed E-state index contributed by atoms with van der Waals surface area (Å²) in [4.78, 5) is 11.2. The third-order valence-corrected chi connectivity index (χ3v) is 3.04. The minimum Gasteiger partial charge on any atom is -0.480 e. The summed E-state index contributed by atoms with van der Waals surface area (Å²) in [6.07, 6.45) is 2.43.